The van der Waals surface area contributed by atoms with E-state index in [1.165, 1.54) is 0 Å². The molecule has 3 rings (SSSR count). The Labute approximate surface area is 152 Å². The average Bonchev–Trinajstić information content (AvgIpc) is 2.68. The molecule has 0 aliphatic carbocycles. The van der Waals surface area contributed by atoms with Crippen molar-refractivity contribution in [2.24, 2.45) is 0 Å². The van der Waals surface area contributed by atoms with Gasteiger partial charge in [0.2, 0.25) is 6.10 Å². The third kappa shape index (κ3) is 3.79. The van der Waals surface area contributed by atoms with Gasteiger partial charge in [0.05, 0.1) is 0 Å². The number of hydrogen-bond donors (Lipinski definition) is 0. The van der Waals surface area contributed by atoms with E-state index in [0.29, 0.717) is 18.0 Å². The Balaban J connectivity index is 1.63. The van der Waals surface area contributed by atoms with Crippen LogP contribution in [0.5, 0.6) is 11.5 Å². The summed E-state index contributed by atoms with van der Waals surface area (Å²) >= 11 is 0. The third-order valence-electron chi connectivity index (χ3n) is 4.06. The summed E-state index contributed by atoms with van der Waals surface area (Å²) in [5, 5.41) is 0. The van der Waals surface area contributed by atoms with E-state index in [1.54, 1.807) is 30.0 Å². The van der Waals surface area contributed by atoms with Gasteiger partial charge >= 0.3 is 5.97 Å². The van der Waals surface area contributed by atoms with E-state index in [4.69, 9.17) is 14.2 Å². The number of ether oxygens (including phenoxy) is 3. The van der Waals surface area contributed by atoms with Crippen molar-refractivity contribution in [3.63, 3.8) is 0 Å². The molecule has 1 aliphatic rings. The largest absolute Gasteiger partial charge is 0.485 e. The van der Waals surface area contributed by atoms with Crippen LogP contribution in [-0.4, -0.2) is 37.2 Å². The van der Waals surface area contributed by atoms with Crippen molar-refractivity contribution in [2.45, 2.75) is 26.1 Å². The second kappa shape index (κ2) is 7.91. The minimum atomic E-state index is -0.927. The summed E-state index contributed by atoms with van der Waals surface area (Å²) in [4.78, 5) is 26.6. The van der Waals surface area contributed by atoms with Crippen molar-refractivity contribution in [3.05, 3.63) is 54.6 Å². The van der Waals surface area contributed by atoms with Crippen LogP contribution < -0.4 is 14.4 Å². The fourth-order valence-corrected chi connectivity index (χ4v) is 2.73. The number of carbonyl (C=O) groups is 2. The predicted octanol–water partition coefficient (Wildman–Crippen LogP) is 2.81. The van der Waals surface area contributed by atoms with Crippen molar-refractivity contribution >= 4 is 17.6 Å². The Kier molecular flexibility index (Phi) is 5.41. The Morgan fingerprint density at radius 3 is 2.46 bits per heavy atom. The van der Waals surface area contributed by atoms with E-state index >= 15 is 0 Å². The lowest BCUT2D eigenvalue weighted by molar-refractivity contribution is -0.163. The third-order valence-corrected chi connectivity index (χ3v) is 4.06. The second-order valence-electron chi connectivity index (χ2n) is 5.86. The molecule has 0 aromatic heterocycles. The fraction of sp³-hybridized carbons (Fsp3) is 0.300. The molecule has 1 aliphatic heterocycles. The van der Waals surface area contributed by atoms with Gasteiger partial charge in [-0.15, -0.1) is 0 Å². The van der Waals surface area contributed by atoms with Crippen LogP contribution in [0.2, 0.25) is 0 Å². The lowest BCUT2D eigenvalue weighted by atomic mass is 10.2. The van der Waals surface area contributed by atoms with Crippen molar-refractivity contribution in [1.29, 1.82) is 0 Å². The first-order valence-electron chi connectivity index (χ1n) is 8.55. The van der Waals surface area contributed by atoms with Gasteiger partial charge in [-0.1, -0.05) is 30.3 Å². The van der Waals surface area contributed by atoms with Gasteiger partial charge in [0, 0.05) is 12.2 Å². The van der Waals surface area contributed by atoms with Gasteiger partial charge in [0.1, 0.15) is 6.61 Å². The average molecular weight is 355 g/mol. The molecule has 0 radical (unpaired) electrons. The van der Waals surface area contributed by atoms with Crippen LogP contribution in [0.4, 0.5) is 5.69 Å². The highest BCUT2D eigenvalue weighted by atomic mass is 16.6. The van der Waals surface area contributed by atoms with Crippen LogP contribution in [0.15, 0.2) is 54.6 Å². The number of likely N-dealkylation sites (N-methyl/N-ethyl adjacent to an activating group) is 1. The molecular weight excluding hydrogens is 334 g/mol. The highest BCUT2D eigenvalue weighted by molar-refractivity contribution is 5.97. The smallest absolute Gasteiger partial charge is 0.351 e. The number of rotatable bonds is 5. The minimum Gasteiger partial charge on any atom is -0.485 e. The summed E-state index contributed by atoms with van der Waals surface area (Å²) in [6.07, 6.45) is -1.82. The quantitative estimate of drug-likeness (QED) is 0.772. The zero-order chi connectivity index (χ0) is 18.5. The minimum absolute atomic E-state index is 0.0485. The molecule has 0 N–H and O–H groups in total. The monoisotopic (exact) mass is 355 g/mol. The first-order chi connectivity index (χ1) is 12.6. The summed E-state index contributed by atoms with van der Waals surface area (Å²) in [5.41, 5.74) is 0.758. The van der Waals surface area contributed by atoms with Gasteiger partial charge in [0.15, 0.2) is 17.6 Å². The van der Waals surface area contributed by atoms with E-state index in [9.17, 15) is 9.59 Å². The van der Waals surface area contributed by atoms with Gasteiger partial charge in [-0.3, -0.25) is 4.79 Å². The summed E-state index contributed by atoms with van der Waals surface area (Å²) in [6, 6.07) is 16.4. The first-order valence-corrected chi connectivity index (χ1v) is 8.55. The van der Waals surface area contributed by atoms with E-state index in [1.807, 2.05) is 43.3 Å². The van der Waals surface area contributed by atoms with Crippen LogP contribution in [-0.2, 0) is 14.3 Å². The molecule has 0 saturated heterocycles. The zero-order valence-corrected chi connectivity index (χ0v) is 14.8. The molecule has 26 heavy (non-hydrogen) atoms. The lowest BCUT2D eigenvalue weighted by Gasteiger charge is -2.28. The number of esters is 1. The Hall–Kier alpha value is -3.02. The highest BCUT2D eigenvalue weighted by Crippen LogP contribution is 2.31. The van der Waals surface area contributed by atoms with Gasteiger partial charge in [-0.05, 0) is 38.1 Å². The molecular formula is C20H21NO5. The van der Waals surface area contributed by atoms with Crippen LogP contribution in [0, 0.1) is 0 Å². The number of fused-ring (bicyclic) bond motifs is 1. The highest BCUT2D eigenvalue weighted by Gasteiger charge is 2.32. The molecule has 0 saturated carbocycles. The van der Waals surface area contributed by atoms with Crippen molar-refractivity contribution in [2.75, 3.05) is 18.1 Å². The Bertz CT molecular complexity index is 777. The van der Waals surface area contributed by atoms with E-state index in [-0.39, 0.29) is 12.5 Å². The standard InChI is InChI=1S/C20H21NO5/c1-3-21(15-9-5-4-6-10-15)19(22)14(2)25-20(23)18-13-24-16-11-7-8-12-17(16)26-18/h4-12,14,18H,3,13H2,1-2H3/t14-,18+/m1/s1. The topological polar surface area (TPSA) is 65.1 Å². The van der Waals surface area contributed by atoms with E-state index < -0.39 is 18.2 Å². The van der Waals surface area contributed by atoms with Crippen molar-refractivity contribution in [3.8, 4) is 11.5 Å². The molecule has 136 valence electrons. The molecule has 0 fully saturated rings. The van der Waals surface area contributed by atoms with Crippen LogP contribution in [0.3, 0.4) is 0 Å². The Morgan fingerprint density at radius 2 is 1.77 bits per heavy atom. The SMILES string of the molecule is CCN(C(=O)[C@@H](C)OC(=O)[C@@H]1COc2ccccc2O1)c1ccccc1. The fourth-order valence-electron chi connectivity index (χ4n) is 2.73. The predicted molar refractivity (Wildman–Crippen MR) is 96.4 cm³/mol. The van der Waals surface area contributed by atoms with E-state index in [0.717, 1.165) is 5.69 Å². The van der Waals surface area contributed by atoms with Crippen LogP contribution >= 0.6 is 0 Å². The number of benzene rings is 2. The molecule has 6 nitrogen and oxygen atoms in total. The maximum atomic E-state index is 12.7. The molecule has 0 unspecified atom stereocenters. The Morgan fingerprint density at radius 1 is 1.12 bits per heavy atom. The molecule has 1 heterocycles. The summed E-state index contributed by atoms with van der Waals surface area (Å²) in [7, 11) is 0. The van der Waals surface area contributed by atoms with Crippen LogP contribution in [0.1, 0.15) is 13.8 Å². The molecule has 6 heteroatoms. The summed E-state index contributed by atoms with van der Waals surface area (Å²) in [6.45, 7) is 3.95. The first kappa shape index (κ1) is 17.8. The van der Waals surface area contributed by atoms with Crippen molar-refractivity contribution in [1.82, 2.24) is 0 Å². The zero-order valence-electron chi connectivity index (χ0n) is 14.8. The maximum Gasteiger partial charge on any atom is 0.351 e. The summed E-state index contributed by atoms with van der Waals surface area (Å²) in [5.74, 6) is 0.162. The molecule has 2 atom stereocenters. The second-order valence-corrected chi connectivity index (χ2v) is 5.86. The molecule has 1 amide bonds. The van der Waals surface area contributed by atoms with Gasteiger partial charge < -0.3 is 19.1 Å². The summed E-state index contributed by atoms with van der Waals surface area (Å²) < 4.78 is 16.5. The number of amides is 1. The molecule has 0 bridgehead atoms. The van der Waals surface area contributed by atoms with Crippen molar-refractivity contribution < 1.29 is 23.8 Å². The van der Waals surface area contributed by atoms with Crippen LogP contribution in [0.25, 0.3) is 0 Å². The molecule has 2 aromatic carbocycles. The lowest BCUT2D eigenvalue weighted by Crippen LogP contribution is -2.44. The van der Waals surface area contributed by atoms with E-state index in [2.05, 4.69) is 0 Å². The number of hydrogen-bond acceptors (Lipinski definition) is 5. The van der Waals surface area contributed by atoms with Gasteiger partial charge in [0.25, 0.3) is 5.91 Å². The maximum absolute atomic E-state index is 12.7. The van der Waals surface area contributed by atoms with Gasteiger partial charge in [-0.25, -0.2) is 4.79 Å². The number of anilines is 1. The number of nitrogens with zero attached hydrogens (tertiary/aromatic N) is 1. The molecule has 0 spiro atoms. The normalized spacial score (nSPS) is 16.5. The molecule has 2 aromatic rings. The van der Waals surface area contributed by atoms with Gasteiger partial charge in [-0.2, -0.15) is 0 Å². The number of para-hydroxylation sites is 3. The number of carbonyl (C=O) groups excluding carboxylic acids is 2.